The van der Waals surface area contributed by atoms with Gasteiger partial charge in [-0.25, -0.2) is 12.8 Å². The van der Waals surface area contributed by atoms with Gasteiger partial charge in [-0.05, 0) is 84.8 Å². The Morgan fingerprint density at radius 2 is 1.25 bits per heavy atom. The Bertz CT molecular complexity index is 1450. The third kappa shape index (κ3) is 5.08. The van der Waals surface area contributed by atoms with Crippen LogP contribution in [0.15, 0.2) is 77.7 Å². The minimum absolute atomic E-state index is 0.119. The highest BCUT2D eigenvalue weighted by Gasteiger charge is 2.51. The molecular weight excluding hydrogens is 529 g/mol. The lowest BCUT2D eigenvalue weighted by Crippen LogP contribution is -2.46. The van der Waals surface area contributed by atoms with Gasteiger partial charge in [-0.2, -0.15) is 4.31 Å². The molecule has 0 bridgehead atoms. The second-order valence-corrected chi connectivity index (χ2v) is 12.9. The summed E-state index contributed by atoms with van der Waals surface area (Å²) in [6.45, 7) is 3.42. The number of nitrogens with zero attached hydrogens (tertiary/aromatic N) is 3. The number of hydrogen-bond donors (Lipinski definition) is 1. The molecular formula is C31H34FN3O4S. The normalized spacial score (nSPS) is 23.7. The minimum Gasteiger partial charge on any atom is -0.480 e. The highest BCUT2D eigenvalue weighted by atomic mass is 32.2. The van der Waals surface area contributed by atoms with Crippen molar-refractivity contribution in [2.75, 3.05) is 36.0 Å². The number of halogens is 1. The van der Waals surface area contributed by atoms with Crippen molar-refractivity contribution in [3.05, 3.63) is 78.6 Å². The van der Waals surface area contributed by atoms with Gasteiger partial charge in [0.1, 0.15) is 11.9 Å². The van der Waals surface area contributed by atoms with E-state index in [1.54, 1.807) is 24.3 Å². The van der Waals surface area contributed by atoms with E-state index in [-0.39, 0.29) is 22.7 Å². The molecule has 1 saturated carbocycles. The number of piperazine rings is 1. The first kappa shape index (κ1) is 26.8. The SMILES string of the molecule is O=C(O)C1CC2CCCCC2N1S(=O)(=O)c1ccc(-c2ccc(N3CCN(c4ccc(F)cc4)CC3)cc2)cc1. The van der Waals surface area contributed by atoms with Gasteiger partial charge in [0.2, 0.25) is 10.0 Å². The molecule has 1 aliphatic carbocycles. The van der Waals surface area contributed by atoms with Crippen LogP contribution in [0, 0.1) is 11.7 Å². The predicted octanol–water partition coefficient (Wildman–Crippen LogP) is 5.23. The third-order valence-electron chi connectivity index (χ3n) is 8.78. The van der Waals surface area contributed by atoms with Crippen molar-refractivity contribution in [3.8, 4) is 11.1 Å². The smallest absolute Gasteiger partial charge is 0.322 e. The van der Waals surface area contributed by atoms with Crippen LogP contribution in [0.3, 0.4) is 0 Å². The Morgan fingerprint density at radius 3 is 1.80 bits per heavy atom. The fourth-order valence-corrected chi connectivity index (χ4v) is 8.52. The van der Waals surface area contributed by atoms with Crippen molar-refractivity contribution in [1.29, 1.82) is 0 Å². The number of carboxylic acids is 1. The molecule has 9 heteroatoms. The molecule has 3 fully saturated rings. The maximum absolute atomic E-state index is 13.6. The van der Waals surface area contributed by atoms with Crippen molar-refractivity contribution in [1.82, 2.24) is 4.31 Å². The number of fused-ring (bicyclic) bond motifs is 1. The highest BCUT2D eigenvalue weighted by molar-refractivity contribution is 7.89. The Morgan fingerprint density at radius 1 is 0.750 bits per heavy atom. The van der Waals surface area contributed by atoms with E-state index in [0.717, 1.165) is 74.4 Å². The molecule has 3 aromatic carbocycles. The van der Waals surface area contributed by atoms with Crippen molar-refractivity contribution < 1.29 is 22.7 Å². The van der Waals surface area contributed by atoms with Gasteiger partial charge < -0.3 is 14.9 Å². The van der Waals surface area contributed by atoms with E-state index in [4.69, 9.17) is 0 Å². The molecule has 40 heavy (non-hydrogen) atoms. The first-order valence-corrected chi connectivity index (χ1v) is 15.5. The van der Waals surface area contributed by atoms with Gasteiger partial charge >= 0.3 is 5.97 Å². The summed E-state index contributed by atoms with van der Waals surface area (Å²) >= 11 is 0. The summed E-state index contributed by atoms with van der Waals surface area (Å²) in [6, 6.07) is 20.4. The van der Waals surface area contributed by atoms with E-state index in [2.05, 4.69) is 21.9 Å². The van der Waals surface area contributed by atoms with Crippen LogP contribution in [0.2, 0.25) is 0 Å². The Labute approximate surface area is 234 Å². The van der Waals surface area contributed by atoms with Gasteiger partial charge in [0.15, 0.2) is 0 Å². The maximum atomic E-state index is 13.6. The van der Waals surface area contributed by atoms with Crippen molar-refractivity contribution in [3.63, 3.8) is 0 Å². The monoisotopic (exact) mass is 563 g/mol. The molecule has 2 heterocycles. The second kappa shape index (κ2) is 10.9. The lowest BCUT2D eigenvalue weighted by Gasteiger charge is -2.37. The van der Waals surface area contributed by atoms with Gasteiger partial charge in [0.25, 0.3) is 0 Å². The van der Waals surface area contributed by atoms with Gasteiger partial charge in [0.05, 0.1) is 4.90 Å². The van der Waals surface area contributed by atoms with Crippen molar-refractivity contribution >= 4 is 27.4 Å². The lowest BCUT2D eigenvalue weighted by molar-refractivity contribution is -0.141. The Kier molecular flexibility index (Phi) is 7.27. The zero-order chi connectivity index (χ0) is 27.9. The topological polar surface area (TPSA) is 81.2 Å². The molecule has 1 N–H and O–H groups in total. The van der Waals surface area contributed by atoms with E-state index >= 15 is 0 Å². The van der Waals surface area contributed by atoms with Crippen LogP contribution < -0.4 is 9.80 Å². The number of carbonyl (C=O) groups is 1. The lowest BCUT2D eigenvalue weighted by atomic mass is 9.85. The molecule has 3 atom stereocenters. The molecule has 2 saturated heterocycles. The molecule has 0 amide bonds. The minimum atomic E-state index is -3.93. The Hall–Kier alpha value is -3.43. The van der Waals surface area contributed by atoms with Crippen LogP contribution in [0.1, 0.15) is 32.1 Å². The van der Waals surface area contributed by atoms with Gasteiger partial charge in [0, 0.05) is 43.6 Å². The summed E-state index contributed by atoms with van der Waals surface area (Å²) in [5, 5.41) is 9.80. The van der Waals surface area contributed by atoms with Crippen LogP contribution in [-0.4, -0.2) is 62.1 Å². The number of anilines is 2. The number of rotatable bonds is 6. The number of sulfonamides is 1. The summed E-state index contributed by atoms with van der Waals surface area (Å²) in [4.78, 5) is 16.7. The molecule has 0 spiro atoms. The van der Waals surface area contributed by atoms with E-state index in [9.17, 15) is 22.7 Å². The summed E-state index contributed by atoms with van der Waals surface area (Å²) < 4.78 is 41.8. The van der Waals surface area contributed by atoms with E-state index in [0.29, 0.717) is 6.42 Å². The molecule has 3 aromatic rings. The second-order valence-electron chi connectivity index (χ2n) is 11.1. The van der Waals surface area contributed by atoms with Crippen LogP contribution in [0.25, 0.3) is 11.1 Å². The third-order valence-corrected chi connectivity index (χ3v) is 10.7. The van der Waals surface area contributed by atoms with Crippen LogP contribution in [0.5, 0.6) is 0 Å². The summed E-state index contributed by atoms with van der Waals surface area (Å²) in [6.07, 6.45) is 3.96. The van der Waals surface area contributed by atoms with Gasteiger partial charge in [-0.15, -0.1) is 0 Å². The molecule has 0 aromatic heterocycles. The zero-order valence-electron chi connectivity index (χ0n) is 22.3. The maximum Gasteiger partial charge on any atom is 0.322 e. The van der Waals surface area contributed by atoms with Crippen LogP contribution >= 0.6 is 0 Å². The standard InChI is InChI=1S/C31H34FN3O4S/c32-25-9-13-27(14-10-25)34-19-17-33(18-20-34)26-11-5-22(6-12-26)23-7-15-28(16-8-23)40(38,39)35-29-4-2-1-3-24(29)21-30(35)31(36)37/h5-16,24,29-30H,1-4,17-21H2,(H,36,37). The number of benzene rings is 3. The average molecular weight is 564 g/mol. The Balaban J connectivity index is 1.13. The van der Waals surface area contributed by atoms with E-state index in [1.807, 2.05) is 24.3 Å². The predicted molar refractivity (Wildman–Crippen MR) is 154 cm³/mol. The molecule has 0 radical (unpaired) electrons. The summed E-state index contributed by atoms with van der Waals surface area (Å²) in [5.74, 6) is -1.17. The number of carboxylic acid groups (broad SMARTS) is 1. The molecule has 210 valence electrons. The van der Waals surface area contributed by atoms with Crippen LogP contribution in [-0.2, 0) is 14.8 Å². The first-order chi connectivity index (χ1) is 19.3. The average Bonchev–Trinajstić information content (AvgIpc) is 3.39. The quantitative estimate of drug-likeness (QED) is 0.443. The van der Waals surface area contributed by atoms with Crippen molar-refractivity contribution in [2.45, 2.75) is 49.1 Å². The first-order valence-electron chi connectivity index (χ1n) is 14.0. The highest BCUT2D eigenvalue weighted by Crippen LogP contribution is 2.43. The van der Waals surface area contributed by atoms with E-state index < -0.39 is 22.0 Å². The summed E-state index contributed by atoms with van der Waals surface area (Å²) in [5.41, 5.74) is 4.04. The van der Waals surface area contributed by atoms with Gasteiger partial charge in [-0.1, -0.05) is 37.1 Å². The number of hydrogen-bond acceptors (Lipinski definition) is 5. The van der Waals surface area contributed by atoms with E-state index in [1.165, 1.54) is 16.4 Å². The molecule has 6 rings (SSSR count). The fourth-order valence-electron chi connectivity index (χ4n) is 6.66. The summed E-state index contributed by atoms with van der Waals surface area (Å²) in [7, 11) is -3.93. The largest absolute Gasteiger partial charge is 0.480 e. The molecule has 3 unspecified atom stereocenters. The molecule has 7 nitrogen and oxygen atoms in total. The molecule has 3 aliphatic rings. The zero-order valence-corrected chi connectivity index (χ0v) is 23.1. The fraction of sp³-hybridized carbons (Fsp3) is 0.387. The van der Waals surface area contributed by atoms with Crippen LogP contribution in [0.4, 0.5) is 15.8 Å². The van der Waals surface area contributed by atoms with Crippen molar-refractivity contribution in [2.24, 2.45) is 5.92 Å². The van der Waals surface area contributed by atoms with Gasteiger partial charge in [-0.3, -0.25) is 4.79 Å². The number of aliphatic carboxylic acids is 1. The molecule has 2 aliphatic heterocycles.